The first-order chi connectivity index (χ1) is 13.5. The largest absolute Gasteiger partial charge is 0.368 e. The Hall–Kier alpha value is -2.66. The molecule has 28 heavy (non-hydrogen) atoms. The normalized spacial score (nSPS) is 16.1. The minimum absolute atomic E-state index is 0.110. The predicted octanol–water partition coefficient (Wildman–Crippen LogP) is 6.29. The highest BCUT2D eigenvalue weighted by Gasteiger charge is 2.26. The maximum atomic E-state index is 14.8. The lowest BCUT2D eigenvalue weighted by Crippen LogP contribution is -2.18. The van der Waals surface area contributed by atoms with Gasteiger partial charge in [0.25, 0.3) is 0 Å². The molecule has 0 saturated carbocycles. The van der Waals surface area contributed by atoms with Crippen LogP contribution in [0.25, 0.3) is 11.1 Å². The van der Waals surface area contributed by atoms with Crippen LogP contribution in [0.2, 0.25) is 0 Å². The summed E-state index contributed by atoms with van der Waals surface area (Å²) in [7, 11) is 0. The van der Waals surface area contributed by atoms with Gasteiger partial charge in [-0.2, -0.15) is 0 Å². The summed E-state index contributed by atoms with van der Waals surface area (Å²) in [6.45, 7) is 2.18. The highest BCUT2D eigenvalue weighted by atomic mass is 19.2. The Balaban J connectivity index is 1.64. The summed E-state index contributed by atoms with van der Waals surface area (Å²) in [6, 6.07) is 13.1. The number of hydrogen-bond acceptors (Lipinski definition) is 1. The fourth-order valence-corrected chi connectivity index (χ4v) is 3.56. The van der Waals surface area contributed by atoms with E-state index in [9.17, 15) is 17.6 Å². The number of aryl methyl sites for hydroxylation is 1. The molecule has 0 radical (unpaired) electrons. The van der Waals surface area contributed by atoms with Crippen molar-refractivity contribution in [1.29, 1.82) is 0 Å². The quantitative estimate of drug-likeness (QED) is 0.380. The maximum absolute atomic E-state index is 14.8. The summed E-state index contributed by atoms with van der Waals surface area (Å²) < 4.78 is 60.7. The highest BCUT2D eigenvalue weighted by molar-refractivity contribution is 5.65. The van der Waals surface area contributed by atoms with Gasteiger partial charge in [-0.3, -0.25) is 0 Å². The van der Waals surface area contributed by atoms with E-state index in [0.717, 1.165) is 29.7 Å². The molecule has 0 saturated heterocycles. The fraction of sp³-hybridized carbons (Fsp3) is 0.217. The molecule has 3 aromatic carbocycles. The Morgan fingerprint density at radius 1 is 0.857 bits per heavy atom. The molecule has 0 aromatic heterocycles. The summed E-state index contributed by atoms with van der Waals surface area (Å²) in [4.78, 5) is 0. The van der Waals surface area contributed by atoms with Crippen molar-refractivity contribution in [3.05, 3.63) is 94.1 Å². The van der Waals surface area contributed by atoms with Gasteiger partial charge < -0.3 is 4.74 Å². The van der Waals surface area contributed by atoms with Crippen molar-refractivity contribution in [2.75, 3.05) is 0 Å². The average molecular weight is 386 g/mol. The van der Waals surface area contributed by atoms with E-state index < -0.39 is 23.6 Å². The fourth-order valence-electron chi connectivity index (χ4n) is 3.56. The molecule has 1 heterocycles. The summed E-state index contributed by atoms with van der Waals surface area (Å²) in [5.41, 5.74) is 4.17. The number of benzene rings is 3. The van der Waals surface area contributed by atoms with Gasteiger partial charge in [0.2, 0.25) is 0 Å². The maximum Gasteiger partial charge on any atom is 0.194 e. The smallest absolute Gasteiger partial charge is 0.194 e. The molecule has 1 nitrogen and oxygen atoms in total. The minimum Gasteiger partial charge on any atom is -0.368 e. The van der Waals surface area contributed by atoms with Gasteiger partial charge >= 0.3 is 0 Å². The third-order valence-electron chi connectivity index (χ3n) is 5.19. The van der Waals surface area contributed by atoms with Crippen molar-refractivity contribution >= 4 is 0 Å². The molecule has 1 aliphatic heterocycles. The van der Waals surface area contributed by atoms with E-state index >= 15 is 0 Å². The van der Waals surface area contributed by atoms with Crippen LogP contribution in [0.4, 0.5) is 17.6 Å². The molecule has 1 unspecified atom stereocenters. The van der Waals surface area contributed by atoms with Crippen LogP contribution in [0.15, 0.2) is 48.5 Å². The molecule has 0 amide bonds. The van der Waals surface area contributed by atoms with Crippen LogP contribution < -0.4 is 0 Å². The van der Waals surface area contributed by atoms with Gasteiger partial charge in [-0.25, -0.2) is 17.6 Å². The van der Waals surface area contributed by atoms with Crippen LogP contribution in [-0.2, 0) is 24.2 Å². The molecule has 0 N–H and O–H groups in total. The third-order valence-corrected chi connectivity index (χ3v) is 5.19. The number of ether oxygens (including phenoxy) is 1. The van der Waals surface area contributed by atoms with Crippen molar-refractivity contribution in [2.45, 2.75) is 32.5 Å². The summed E-state index contributed by atoms with van der Waals surface area (Å²) in [5, 5.41) is 0. The standard InChI is InChI=1S/C23H18F4O/c1-2-13-3-5-14(6-4-13)15-7-17-12-28-22(11-18(17)19(24)8-15)16-9-20(25)23(27)21(26)10-16/h3-10,22H,2,11-12H2,1H3. The second-order valence-corrected chi connectivity index (χ2v) is 6.95. The molecule has 0 spiro atoms. The molecule has 5 heteroatoms. The zero-order valence-electron chi connectivity index (χ0n) is 15.2. The Labute approximate surface area is 160 Å². The van der Waals surface area contributed by atoms with E-state index in [1.807, 2.05) is 30.3 Å². The van der Waals surface area contributed by atoms with Crippen LogP contribution in [-0.4, -0.2) is 0 Å². The van der Waals surface area contributed by atoms with Gasteiger partial charge in [-0.1, -0.05) is 31.2 Å². The van der Waals surface area contributed by atoms with Gasteiger partial charge in [0.15, 0.2) is 17.5 Å². The first kappa shape index (κ1) is 18.7. The van der Waals surface area contributed by atoms with E-state index in [-0.39, 0.29) is 24.4 Å². The zero-order chi connectivity index (χ0) is 19.8. The molecule has 1 aliphatic rings. The average Bonchev–Trinajstić information content (AvgIpc) is 2.71. The van der Waals surface area contributed by atoms with Gasteiger partial charge in [0.05, 0.1) is 12.7 Å². The van der Waals surface area contributed by atoms with Crippen molar-refractivity contribution in [3.63, 3.8) is 0 Å². The van der Waals surface area contributed by atoms with Crippen LogP contribution >= 0.6 is 0 Å². The van der Waals surface area contributed by atoms with Gasteiger partial charge in [0.1, 0.15) is 5.82 Å². The molecular formula is C23H18F4O. The van der Waals surface area contributed by atoms with Crippen molar-refractivity contribution < 1.29 is 22.3 Å². The Morgan fingerprint density at radius 2 is 1.54 bits per heavy atom. The SMILES string of the molecule is CCc1ccc(-c2cc(F)c3c(c2)COC(c2cc(F)c(F)c(F)c2)C3)cc1. The van der Waals surface area contributed by atoms with Gasteiger partial charge in [-0.15, -0.1) is 0 Å². The van der Waals surface area contributed by atoms with E-state index in [1.165, 1.54) is 11.6 Å². The summed E-state index contributed by atoms with van der Waals surface area (Å²) >= 11 is 0. The van der Waals surface area contributed by atoms with Gasteiger partial charge in [0, 0.05) is 6.42 Å². The second-order valence-electron chi connectivity index (χ2n) is 6.95. The summed E-state index contributed by atoms with van der Waals surface area (Å²) in [5.74, 6) is -4.47. The number of hydrogen-bond donors (Lipinski definition) is 0. The first-order valence-corrected chi connectivity index (χ1v) is 9.13. The number of rotatable bonds is 3. The molecule has 0 aliphatic carbocycles. The van der Waals surface area contributed by atoms with Crippen molar-refractivity contribution in [2.24, 2.45) is 0 Å². The van der Waals surface area contributed by atoms with Gasteiger partial charge in [-0.05, 0) is 64.1 Å². The predicted molar refractivity (Wildman–Crippen MR) is 98.8 cm³/mol. The lowest BCUT2D eigenvalue weighted by Gasteiger charge is -2.27. The van der Waals surface area contributed by atoms with Crippen LogP contribution in [0.5, 0.6) is 0 Å². The van der Waals surface area contributed by atoms with E-state index in [2.05, 4.69) is 6.92 Å². The topological polar surface area (TPSA) is 9.23 Å². The summed E-state index contributed by atoms with van der Waals surface area (Å²) in [6.07, 6.45) is 0.320. The third kappa shape index (κ3) is 3.42. The number of fused-ring (bicyclic) bond motifs is 1. The van der Waals surface area contributed by atoms with Crippen molar-refractivity contribution in [1.82, 2.24) is 0 Å². The lowest BCUT2D eigenvalue weighted by atomic mass is 9.91. The van der Waals surface area contributed by atoms with E-state index in [1.54, 1.807) is 0 Å². The first-order valence-electron chi connectivity index (χ1n) is 9.13. The van der Waals surface area contributed by atoms with E-state index in [4.69, 9.17) is 4.74 Å². The molecule has 0 bridgehead atoms. The zero-order valence-corrected chi connectivity index (χ0v) is 15.2. The Morgan fingerprint density at radius 3 is 2.18 bits per heavy atom. The van der Waals surface area contributed by atoms with Crippen molar-refractivity contribution in [3.8, 4) is 11.1 Å². The van der Waals surface area contributed by atoms with Crippen LogP contribution in [0.1, 0.15) is 35.3 Å². The monoisotopic (exact) mass is 386 g/mol. The Bertz CT molecular complexity index is 1000. The molecule has 4 rings (SSSR count). The Kier molecular flexibility index (Phi) is 4.94. The molecule has 3 aromatic rings. The highest BCUT2D eigenvalue weighted by Crippen LogP contribution is 2.35. The van der Waals surface area contributed by atoms with Crippen LogP contribution in [0.3, 0.4) is 0 Å². The number of halogens is 4. The minimum atomic E-state index is -1.52. The second kappa shape index (κ2) is 7.40. The molecule has 1 atom stereocenters. The van der Waals surface area contributed by atoms with E-state index in [0.29, 0.717) is 11.1 Å². The lowest BCUT2D eigenvalue weighted by molar-refractivity contribution is 0.0258. The molecule has 0 fully saturated rings. The molecule has 144 valence electrons. The van der Waals surface area contributed by atoms with Crippen LogP contribution in [0, 0.1) is 23.3 Å². The molecular weight excluding hydrogens is 368 g/mol.